The Morgan fingerprint density at radius 3 is 2.18 bits per heavy atom. The van der Waals surface area contributed by atoms with E-state index in [0.717, 1.165) is 36.1 Å². The Hall–Kier alpha value is -1.90. The van der Waals surface area contributed by atoms with Crippen LogP contribution in [-0.4, -0.2) is 16.6 Å². The summed E-state index contributed by atoms with van der Waals surface area (Å²) in [5, 5.41) is 0. The topological polar surface area (TPSA) is 35.0 Å². The van der Waals surface area contributed by atoms with Crippen LogP contribution in [0, 0.1) is 5.92 Å². The Bertz CT molecular complexity index is 673. The van der Waals surface area contributed by atoms with Crippen molar-refractivity contribution < 1.29 is 4.74 Å². The molecule has 0 saturated heterocycles. The number of hydrogen-bond acceptors (Lipinski definition) is 3. The standard InChI is InChI=1S/C25H36N2O/c1-3-5-7-17-28-24-15-13-22(14-16-24)25-26-18-23(19-27-25)21-11-9-20(10-12-21)8-6-4-2/h13-16,18-21H,3-12,17H2,1-2H3. The quantitative estimate of drug-likeness (QED) is 0.410. The van der Waals surface area contributed by atoms with Crippen molar-refractivity contribution in [1.82, 2.24) is 9.97 Å². The first-order chi connectivity index (χ1) is 13.8. The van der Waals surface area contributed by atoms with E-state index in [-0.39, 0.29) is 0 Å². The van der Waals surface area contributed by atoms with Gasteiger partial charge in [-0.2, -0.15) is 0 Å². The van der Waals surface area contributed by atoms with E-state index >= 15 is 0 Å². The second-order valence-corrected chi connectivity index (χ2v) is 8.28. The average Bonchev–Trinajstić information content (AvgIpc) is 2.76. The molecule has 3 heteroatoms. The molecule has 0 spiro atoms. The smallest absolute Gasteiger partial charge is 0.159 e. The van der Waals surface area contributed by atoms with Crippen molar-refractivity contribution in [2.24, 2.45) is 5.92 Å². The molecule has 3 rings (SSSR count). The van der Waals surface area contributed by atoms with Crippen molar-refractivity contribution in [3.63, 3.8) is 0 Å². The lowest BCUT2D eigenvalue weighted by molar-refractivity contribution is 0.304. The molecule has 2 aromatic rings. The lowest BCUT2D eigenvalue weighted by Crippen LogP contribution is -2.13. The van der Waals surface area contributed by atoms with Crippen LogP contribution >= 0.6 is 0 Å². The van der Waals surface area contributed by atoms with Crippen LogP contribution in [0.4, 0.5) is 0 Å². The average molecular weight is 381 g/mol. The first kappa shape index (κ1) is 20.8. The predicted molar refractivity (Wildman–Crippen MR) is 117 cm³/mol. The zero-order chi connectivity index (χ0) is 19.6. The molecule has 28 heavy (non-hydrogen) atoms. The number of benzene rings is 1. The molecule has 1 aromatic carbocycles. The van der Waals surface area contributed by atoms with Gasteiger partial charge in [-0.3, -0.25) is 0 Å². The molecule has 0 N–H and O–H groups in total. The van der Waals surface area contributed by atoms with E-state index < -0.39 is 0 Å². The van der Waals surface area contributed by atoms with Gasteiger partial charge in [-0.15, -0.1) is 0 Å². The van der Waals surface area contributed by atoms with Crippen LogP contribution in [0.25, 0.3) is 11.4 Å². The molecule has 0 aliphatic heterocycles. The summed E-state index contributed by atoms with van der Waals surface area (Å²) in [5.41, 5.74) is 2.37. The molecule has 152 valence electrons. The fraction of sp³-hybridized carbons (Fsp3) is 0.600. The van der Waals surface area contributed by atoms with E-state index in [1.54, 1.807) is 0 Å². The molecule has 1 heterocycles. The Balaban J connectivity index is 1.51. The first-order valence-corrected chi connectivity index (χ1v) is 11.3. The van der Waals surface area contributed by atoms with Gasteiger partial charge in [-0.05, 0) is 73.8 Å². The van der Waals surface area contributed by atoms with Crippen LogP contribution in [-0.2, 0) is 0 Å². The lowest BCUT2D eigenvalue weighted by Gasteiger charge is -2.28. The van der Waals surface area contributed by atoms with Gasteiger partial charge < -0.3 is 4.74 Å². The summed E-state index contributed by atoms with van der Waals surface area (Å²) < 4.78 is 5.79. The van der Waals surface area contributed by atoms with Crippen LogP contribution in [0.5, 0.6) is 5.75 Å². The highest BCUT2D eigenvalue weighted by atomic mass is 16.5. The molecule has 0 radical (unpaired) electrons. The number of unbranched alkanes of at least 4 members (excludes halogenated alkanes) is 3. The number of nitrogens with zero attached hydrogens (tertiary/aromatic N) is 2. The van der Waals surface area contributed by atoms with Crippen molar-refractivity contribution in [3.05, 3.63) is 42.2 Å². The van der Waals surface area contributed by atoms with Crippen LogP contribution in [0.2, 0.25) is 0 Å². The molecule has 0 unspecified atom stereocenters. The van der Waals surface area contributed by atoms with Crippen LogP contribution in [0.15, 0.2) is 36.7 Å². The second-order valence-electron chi connectivity index (χ2n) is 8.28. The second kappa shape index (κ2) is 11.2. The summed E-state index contributed by atoms with van der Waals surface area (Å²) in [6, 6.07) is 8.17. The third-order valence-electron chi connectivity index (χ3n) is 6.09. The minimum Gasteiger partial charge on any atom is -0.494 e. The van der Waals surface area contributed by atoms with Gasteiger partial charge >= 0.3 is 0 Å². The monoisotopic (exact) mass is 380 g/mol. The summed E-state index contributed by atoms with van der Waals surface area (Å²) in [6.07, 6.45) is 17.1. The van der Waals surface area contributed by atoms with E-state index in [1.165, 1.54) is 63.4 Å². The highest BCUT2D eigenvalue weighted by molar-refractivity contribution is 5.56. The van der Waals surface area contributed by atoms with Gasteiger partial charge in [0.15, 0.2) is 5.82 Å². The van der Waals surface area contributed by atoms with Crippen molar-refractivity contribution in [2.45, 2.75) is 84.0 Å². The number of rotatable bonds is 10. The summed E-state index contributed by atoms with van der Waals surface area (Å²) >= 11 is 0. The minimum atomic E-state index is 0.644. The molecular formula is C25H36N2O. The van der Waals surface area contributed by atoms with Crippen LogP contribution in [0.1, 0.15) is 89.5 Å². The lowest BCUT2D eigenvalue weighted by atomic mass is 9.78. The highest BCUT2D eigenvalue weighted by Gasteiger charge is 2.22. The number of aromatic nitrogens is 2. The number of ether oxygens (including phenoxy) is 1. The van der Waals surface area contributed by atoms with E-state index in [4.69, 9.17) is 4.74 Å². The fourth-order valence-electron chi connectivity index (χ4n) is 4.22. The van der Waals surface area contributed by atoms with Crippen molar-refractivity contribution in [3.8, 4) is 17.1 Å². The number of hydrogen-bond donors (Lipinski definition) is 0. The maximum atomic E-state index is 5.79. The Morgan fingerprint density at radius 1 is 0.857 bits per heavy atom. The molecule has 0 atom stereocenters. The van der Waals surface area contributed by atoms with Gasteiger partial charge in [-0.1, -0.05) is 46.0 Å². The largest absolute Gasteiger partial charge is 0.494 e. The molecule has 1 fully saturated rings. The van der Waals surface area contributed by atoms with E-state index in [1.807, 2.05) is 12.1 Å². The van der Waals surface area contributed by atoms with Crippen molar-refractivity contribution in [2.75, 3.05) is 6.61 Å². The molecule has 3 nitrogen and oxygen atoms in total. The Kier molecular flexibility index (Phi) is 8.32. The molecule has 1 aliphatic carbocycles. The summed E-state index contributed by atoms with van der Waals surface area (Å²) in [4.78, 5) is 9.31. The minimum absolute atomic E-state index is 0.644. The van der Waals surface area contributed by atoms with E-state index in [2.05, 4.69) is 48.3 Å². The van der Waals surface area contributed by atoms with Crippen molar-refractivity contribution in [1.29, 1.82) is 0 Å². The zero-order valence-corrected chi connectivity index (χ0v) is 17.7. The summed E-state index contributed by atoms with van der Waals surface area (Å²) in [7, 11) is 0. The Labute approximate surface area is 171 Å². The summed E-state index contributed by atoms with van der Waals surface area (Å²) in [6.45, 7) is 5.29. The fourth-order valence-corrected chi connectivity index (χ4v) is 4.22. The van der Waals surface area contributed by atoms with Gasteiger partial charge in [0.2, 0.25) is 0 Å². The Morgan fingerprint density at radius 2 is 1.54 bits per heavy atom. The van der Waals surface area contributed by atoms with Gasteiger partial charge in [0.1, 0.15) is 5.75 Å². The van der Waals surface area contributed by atoms with Gasteiger partial charge in [0.05, 0.1) is 6.61 Å². The molecule has 0 bridgehead atoms. The van der Waals surface area contributed by atoms with Crippen molar-refractivity contribution >= 4 is 0 Å². The maximum Gasteiger partial charge on any atom is 0.159 e. The normalized spacial score (nSPS) is 19.5. The predicted octanol–water partition coefficient (Wildman–Crippen LogP) is 7.18. The van der Waals surface area contributed by atoms with Crippen LogP contribution in [0.3, 0.4) is 0 Å². The SMILES string of the molecule is CCCCCOc1ccc(-c2ncc(C3CCC(CCCC)CC3)cn2)cc1. The molecule has 1 aromatic heterocycles. The third kappa shape index (κ3) is 6.05. The summed E-state index contributed by atoms with van der Waals surface area (Å²) in [5.74, 6) is 3.32. The molecular weight excluding hydrogens is 344 g/mol. The molecule has 1 aliphatic rings. The highest BCUT2D eigenvalue weighted by Crippen LogP contribution is 2.37. The van der Waals surface area contributed by atoms with Gasteiger partial charge in [-0.25, -0.2) is 9.97 Å². The van der Waals surface area contributed by atoms with Gasteiger partial charge in [0, 0.05) is 18.0 Å². The van der Waals surface area contributed by atoms with E-state index in [0.29, 0.717) is 5.92 Å². The molecule has 0 amide bonds. The third-order valence-corrected chi connectivity index (χ3v) is 6.09. The van der Waals surface area contributed by atoms with E-state index in [9.17, 15) is 0 Å². The first-order valence-electron chi connectivity index (χ1n) is 11.3. The molecule has 1 saturated carbocycles. The maximum absolute atomic E-state index is 5.79. The zero-order valence-electron chi connectivity index (χ0n) is 17.7. The van der Waals surface area contributed by atoms with Gasteiger partial charge in [0.25, 0.3) is 0 Å². The van der Waals surface area contributed by atoms with Crippen LogP contribution < -0.4 is 4.74 Å².